The SMILES string of the molecule is CC(C)c1cnc(-c2nccn2C)s1. The number of rotatable bonds is 2. The minimum Gasteiger partial charge on any atom is -0.332 e. The Kier molecular flexibility index (Phi) is 2.37. The molecule has 4 heteroatoms. The third kappa shape index (κ3) is 1.57. The standard InChI is InChI=1S/C10H13N3S/c1-7(2)8-6-12-10(14-8)9-11-4-5-13(9)3/h4-7H,1-3H3. The van der Waals surface area contributed by atoms with E-state index in [2.05, 4.69) is 23.8 Å². The van der Waals surface area contributed by atoms with Crippen LogP contribution in [0, 0.1) is 0 Å². The number of hydrogen-bond donors (Lipinski definition) is 0. The summed E-state index contributed by atoms with van der Waals surface area (Å²) in [6.07, 6.45) is 5.68. The highest BCUT2D eigenvalue weighted by atomic mass is 32.1. The van der Waals surface area contributed by atoms with E-state index in [4.69, 9.17) is 0 Å². The van der Waals surface area contributed by atoms with Gasteiger partial charge in [0.2, 0.25) is 0 Å². The molecular weight excluding hydrogens is 194 g/mol. The number of imidazole rings is 1. The second-order valence-corrected chi connectivity index (χ2v) is 4.65. The van der Waals surface area contributed by atoms with Gasteiger partial charge in [-0.25, -0.2) is 9.97 Å². The molecule has 0 atom stereocenters. The number of hydrogen-bond acceptors (Lipinski definition) is 3. The summed E-state index contributed by atoms with van der Waals surface area (Å²) in [6, 6.07) is 0. The highest BCUT2D eigenvalue weighted by Gasteiger charge is 2.10. The largest absolute Gasteiger partial charge is 0.332 e. The van der Waals surface area contributed by atoms with Gasteiger partial charge in [0.25, 0.3) is 0 Å². The smallest absolute Gasteiger partial charge is 0.168 e. The van der Waals surface area contributed by atoms with Crippen LogP contribution in [-0.2, 0) is 7.05 Å². The molecule has 14 heavy (non-hydrogen) atoms. The van der Waals surface area contributed by atoms with Gasteiger partial charge in [0.1, 0.15) is 0 Å². The summed E-state index contributed by atoms with van der Waals surface area (Å²) in [5.41, 5.74) is 0. The number of aryl methyl sites for hydroxylation is 1. The molecule has 0 aliphatic rings. The van der Waals surface area contributed by atoms with E-state index in [-0.39, 0.29) is 0 Å². The van der Waals surface area contributed by atoms with Gasteiger partial charge in [-0.05, 0) is 5.92 Å². The van der Waals surface area contributed by atoms with Crippen LogP contribution >= 0.6 is 11.3 Å². The summed E-state index contributed by atoms with van der Waals surface area (Å²) in [7, 11) is 1.98. The third-order valence-corrected chi connectivity index (χ3v) is 3.40. The summed E-state index contributed by atoms with van der Waals surface area (Å²) in [4.78, 5) is 9.95. The Hall–Kier alpha value is -1.16. The molecule has 0 radical (unpaired) electrons. The average Bonchev–Trinajstić information content (AvgIpc) is 2.71. The Morgan fingerprint density at radius 1 is 1.36 bits per heavy atom. The lowest BCUT2D eigenvalue weighted by Crippen LogP contribution is -1.89. The van der Waals surface area contributed by atoms with Crippen molar-refractivity contribution >= 4 is 11.3 Å². The zero-order chi connectivity index (χ0) is 10.1. The molecule has 0 fully saturated rings. The van der Waals surface area contributed by atoms with E-state index in [1.54, 1.807) is 17.5 Å². The van der Waals surface area contributed by atoms with Gasteiger partial charge >= 0.3 is 0 Å². The molecule has 0 unspecified atom stereocenters. The molecule has 0 aliphatic carbocycles. The molecular formula is C10H13N3S. The molecule has 2 aromatic rings. The van der Waals surface area contributed by atoms with Gasteiger partial charge in [0, 0.05) is 30.5 Å². The van der Waals surface area contributed by atoms with Crippen molar-refractivity contribution in [3.8, 4) is 10.8 Å². The lowest BCUT2D eigenvalue weighted by atomic mass is 10.2. The molecule has 0 aliphatic heterocycles. The number of thiazole rings is 1. The van der Waals surface area contributed by atoms with Crippen LogP contribution in [0.2, 0.25) is 0 Å². The van der Waals surface area contributed by atoms with E-state index in [0.717, 1.165) is 10.8 Å². The molecule has 0 N–H and O–H groups in total. The summed E-state index contributed by atoms with van der Waals surface area (Å²) in [5, 5.41) is 1.00. The highest BCUT2D eigenvalue weighted by molar-refractivity contribution is 7.15. The summed E-state index contributed by atoms with van der Waals surface area (Å²) >= 11 is 1.72. The predicted octanol–water partition coefficient (Wildman–Crippen LogP) is 2.67. The first-order valence-corrected chi connectivity index (χ1v) is 5.43. The highest BCUT2D eigenvalue weighted by Crippen LogP contribution is 2.27. The van der Waals surface area contributed by atoms with Crippen LogP contribution in [0.4, 0.5) is 0 Å². The molecule has 2 aromatic heterocycles. The lowest BCUT2D eigenvalue weighted by molar-refractivity contribution is 0.885. The second-order valence-electron chi connectivity index (χ2n) is 3.58. The van der Waals surface area contributed by atoms with Gasteiger partial charge in [0.05, 0.1) is 0 Å². The van der Waals surface area contributed by atoms with E-state index in [1.165, 1.54) is 4.88 Å². The van der Waals surface area contributed by atoms with Crippen LogP contribution in [0.3, 0.4) is 0 Å². The molecule has 2 heterocycles. The number of aromatic nitrogens is 3. The minimum atomic E-state index is 0.543. The second kappa shape index (κ2) is 3.53. The van der Waals surface area contributed by atoms with Gasteiger partial charge < -0.3 is 4.57 Å². The first-order valence-electron chi connectivity index (χ1n) is 4.62. The third-order valence-electron chi connectivity index (χ3n) is 2.11. The van der Waals surface area contributed by atoms with Gasteiger partial charge in [-0.15, -0.1) is 11.3 Å². The Bertz CT molecular complexity index is 428. The van der Waals surface area contributed by atoms with Crippen molar-refractivity contribution in [3.63, 3.8) is 0 Å². The molecule has 74 valence electrons. The fraction of sp³-hybridized carbons (Fsp3) is 0.400. The molecule has 0 bridgehead atoms. The van der Waals surface area contributed by atoms with Crippen molar-refractivity contribution in [2.75, 3.05) is 0 Å². The van der Waals surface area contributed by atoms with Crippen molar-refractivity contribution in [2.45, 2.75) is 19.8 Å². The van der Waals surface area contributed by atoms with Crippen molar-refractivity contribution in [1.29, 1.82) is 0 Å². The quantitative estimate of drug-likeness (QED) is 0.758. The Morgan fingerprint density at radius 3 is 2.64 bits per heavy atom. The first kappa shape index (κ1) is 9.40. The lowest BCUT2D eigenvalue weighted by Gasteiger charge is -1.97. The maximum absolute atomic E-state index is 4.38. The first-order chi connectivity index (χ1) is 6.68. The van der Waals surface area contributed by atoms with Crippen molar-refractivity contribution in [2.24, 2.45) is 7.05 Å². The Morgan fingerprint density at radius 2 is 2.14 bits per heavy atom. The molecule has 0 amide bonds. The van der Waals surface area contributed by atoms with Crippen LogP contribution in [0.25, 0.3) is 10.8 Å². The zero-order valence-electron chi connectivity index (χ0n) is 8.56. The maximum atomic E-state index is 4.38. The van der Waals surface area contributed by atoms with Gasteiger partial charge in [-0.1, -0.05) is 13.8 Å². The van der Waals surface area contributed by atoms with Crippen molar-refractivity contribution in [1.82, 2.24) is 14.5 Å². The molecule has 0 spiro atoms. The fourth-order valence-electron chi connectivity index (χ4n) is 1.23. The molecule has 0 aromatic carbocycles. The van der Waals surface area contributed by atoms with Gasteiger partial charge in [-0.2, -0.15) is 0 Å². The molecule has 2 rings (SSSR count). The normalized spacial score (nSPS) is 11.1. The summed E-state index contributed by atoms with van der Waals surface area (Å²) in [5.74, 6) is 1.49. The minimum absolute atomic E-state index is 0.543. The summed E-state index contributed by atoms with van der Waals surface area (Å²) in [6.45, 7) is 4.35. The van der Waals surface area contributed by atoms with E-state index in [9.17, 15) is 0 Å². The average molecular weight is 207 g/mol. The van der Waals surface area contributed by atoms with Crippen LogP contribution in [-0.4, -0.2) is 14.5 Å². The van der Waals surface area contributed by atoms with Crippen LogP contribution in [0.15, 0.2) is 18.6 Å². The van der Waals surface area contributed by atoms with E-state index >= 15 is 0 Å². The van der Waals surface area contributed by atoms with Gasteiger partial charge in [-0.3, -0.25) is 0 Å². The van der Waals surface area contributed by atoms with Crippen LogP contribution < -0.4 is 0 Å². The molecule has 0 saturated heterocycles. The van der Waals surface area contributed by atoms with Crippen LogP contribution in [0.1, 0.15) is 24.6 Å². The Balaban J connectivity index is 2.39. The molecule has 3 nitrogen and oxygen atoms in total. The van der Waals surface area contributed by atoms with E-state index < -0.39 is 0 Å². The monoisotopic (exact) mass is 207 g/mol. The number of nitrogens with zero attached hydrogens (tertiary/aromatic N) is 3. The van der Waals surface area contributed by atoms with E-state index in [1.807, 2.05) is 24.0 Å². The maximum Gasteiger partial charge on any atom is 0.168 e. The molecule has 0 saturated carbocycles. The topological polar surface area (TPSA) is 30.7 Å². The Labute approximate surface area is 87.4 Å². The predicted molar refractivity (Wildman–Crippen MR) is 58.4 cm³/mol. The van der Waals surface area contributed by atoms with Gasteiger partial charge in [0.15, 0.2) is 10.8 Å². The zero-order valence-corrected chi connectivity index (χ0v) is 9.38. The van der Waals surface area contributed by atoms with E-state index in [0.29, 0.717) is 5.92 Å². The van der Waals surface area contributed by atoms with Crippen LogP contribution in [0.5, 0.6) is 0 Å². The fourth-order valence-corrected chi connectivity index (χ4v) is 2.19. The summed E-state index contributed by atoms with van der Waals surface area (Å²) < 4.78 is 1.99. The van der Waals surface area contributed by atoms with Crippen molar-refractivity contribution < 1.29 is 0 Å². The van der Waals surface area contributed by atoms with Crippen molar-refractivity contribution in [3.05, 3.63) is 23.5 Å².